The number of pyridine rings is 1. The van der Waals surface area contributed by atoms with Crippen LogP contribution in [-0.2, 0) is 11.3 Å². The van der Waals surface area contributed by atoms with Crippen LogP contribution in [0.1, 0.15) is 50.5 Å². The molecule has 1 aromatic heterocycles. The molecular formula is C17H25N3O. The molecule has 1 saturated carbocycles. The summed E-state index contributed by atoms with van der Waals surface area (Å²) >= 11 is 0. The normalized spacial score (nSPS) is 24.3. The maximum absolute atomic E-state index is 12.3. The van der Waals surface area contributed by atoms with Gasteiger partial charge in [-0.25, -0.2) is 0 Å². The third-order valence-electron chi connectivity index (χ3n) is 4.77. The number of amides is 1. The first-order valence-corrected chi connectivity index (χ1v) is 8.24. The fourth-order valence-electron chi connectivity index (χ4n) is 3.55. The van der Waals surface area contributed by atoms with Crippen molar-refractivity contribution in [3.8, 4) is 0 Å². The van der Waals surface area contributed by atoms with Crippen LogP contribution in [0.25, 0.3) is 0 Å². The highest BCUT2D eigenvalue weighted by molar-refractivity contribution is 5.79. The zero-order chi connectivity index (χ0) is 14.5. The van der Waals surface area contributed by atoms with Gasteiger partial charge in [-0.1, -0.05) is 25.7 Å². The van der Waals surface area contributed by atoms with Crippen molar-refractivity contribution < 1.29 is 4.79 Å². The van der Waals surface area contributed by atoms with Gasteiger partial charge in [0.2, 0.25) is 5.91 Å². The molecule has 0 spiro atoms. The predicted molar refractivity (Wildman–Crippen MR) is 82.7 cm³/mol. The molecular weight excluding hydrogens is 262 g/mol. The summed E-state index contributed by atoms with van der Waals surface area (Å²) in [5, 5.41) is 3.52. The van der Waals surface area contributed by atoms with Gasteiger partial charge in [-0.3, -0.25) is 9.78 Å². The number of carbonyl (C=O) groups is 1. The standard InChI is InChI=1S/C17H25N3O/c21-17-11-15(19-12-14-7-9-18-10-8-14)13-20(17)16-5-3-1-2-4-6-16/h7-10,15-16,19H,1-6,11-13H2/t15-/m0/s1. The Kier molecular flexibility index (Phi) is 4.86. The molecule has 4 heteroatoms. The lowest BCUT2D eigenvalue weighted by Gasteiger charge is -2.27. The van der Waals surface area contributed by atoms with Crippen molar-refractivity contribution in [2.75, 3.05) is 6.54 Å². The second-order valence-corrected chi connectivity index (χ2v) is 6.33. The fraction of sp³-hybridized carbons (Fsp3) is 0.647. The number of hydrogen-bond acceptors (Lipinski definition) is 3. The van der Waals surface area contributed by atoms with E-state index in [4.69, 9.17) is 0 Å². The molecule has 1 aromatic rings. The molecule has 1 N–H and O–H groups in total. The van der Waals surface area contributed by atoms with E-state index in [1.54, 1.807) is 0 Å². The van der Waals surface area contributed by atoms with Gasteiger partial charge < -0.3 is 10.2 Å². The minimum atomic E-state index is 0.300. The van der Waals surface area contributed by atoms with Gasteiger partial charge in [0.25, 0.3) is 0 Å². The number of nitrogens with zero attached hydrogens (tertiary/aromatic N) is 2. The second-order valence-electron chi connectivity index (χ2n) is 6.33. The molecule has 0 radical (unpaired) electrons. The number of hydrogen-bond donors (Lipinski definition) is 1. The summed E-state index contributed by atoms with van der Waals surface area (Å²) in [7, 11) is 0. The van der Waals surface area contributed by atoms with E-state index in [2.05, 4.69) is 15.2 Å². The highest BCUT2D eigenvalue weighted by atomic mass is 16.2. The lowest BCUT2D eigenvalue weighted by molar-refractivity contribution is -0.129. The Labute approximate surface area is 126 Å². The number of rotatable bonds is 4. The molecule has 3 rings (SSSR count). The Balaban J connectivity index is 1.52. The maximum Gasteiger partial charge on any atom is 0.224 e. The van der Waals surface area contributed by atoms with E-state index in [9.17, 15) is 4.79 Å². The van der Waals surface area contributed by atoms with Crippen LogP contribution in [0.2, 0.25) is 0 Å². The second kappa shape index (κ2) is 7.03. The van der Waals surface area contributed by atoms with Crippen LogP contribution in [0.5, 0.6) is 0 Å². The van der Waals surface area contributed by atoms with Crippen LogP contribution in [0.15, 0.2) is 24.5 Å². The van der Waals surface area contributed by atoms with E-state index >= 15 is 0 Å². The molecule has 0 bridgehead atoms. The molecule has 1 aliphatic carbocycles. The molecule has 0 aromatic carbocycles. The summed E-state index contributed by atoms with van der Waals surface area (Å²) in [6.45, 7) is 1.70. The minimum absolute atomic E-state index is 0.300. The highest BCUT2D eigenvalue weighted by Crippen LogP contribution is 2.25. The monoisotopic (exact) mass is 287 g/mol. The summed E-state index contributed by atoms with van der Waals surface area (Å²) < 4.78 is 0. The minimum Gasteiger partial charge on any atom is -0.338 e. The summed E-state index contributed by atoms with van der Waals surface area (Å²) in [6.07, 6.45) is 11.9. The third kappa shape index (κ3) is 3.82. The summed E-state index contributed by atoms with van der Waals surface area (Å²) in [5.74, 6) is 0.342. The van der Waals surface area contributed by atoms with Crippen LogP contribution in [-0.4, -0.2) is 34.4 Å². The highest BCUT2D eigenvalue weighted by Gasteiger charge is 2.33. The summed E-state index contributed by atoms with van der Waals surface area (Å²) in [5.41, 5.74) is 1.23. The van der Waals surface area contributed by atoms with E-state index < -0.39 is 0 Å². The first-order valence-electron chi connectivity index (χ1n) is 8.24. The molecule has 2 fully saturated rings. The first kappa shape index (κ1) is 14.5. The number of likely N-dealkylation sites (tertiary alicyclic amines) is 1. The molecule has 0 unspecified atom stereocenters. The maximum atomic E-state index is 12.3. The van der Waals surface area contributed by atoms with Crippen molar-refractivity contribution in [3.63, 3.8) is 0 Å². The molecule has 2 heterocycles. The Morgan fingerprint density at radius 2 is 1.86 bits per heavy atom. The number of aromatic nitrogens is 1. The van der Waals surface area contributed by atoms with Gasteiger partial charge >= 0.3 is 0 Å². The molecule has 1 aliphatic heterocycles. The lowest BCUT2D eigenvalue weighted by atomic mass is 10.1. The summed E-state index contributed by atoms with van der Waals surface area (Å²) in [4.78, 5) is 18.5. The topological polar surface area (TPSA) is 45.2 Å². The van der Waals surface area contributed by atoms with Crippen molar-refractivity contribution in [3.05, 3.63) is 30.1 Å². The van der Waals surface area contributed by atoms with E-state index in [-0.39, 0.29) is 0 Å². The van der Waals surface area contributed by atoms with Crippen molar-refractivity contribution in [2.45, 2.75) is 63.6 Å². The Bertz CT molecular complexity index is 454. The van der Waals surface area contributed by atoms with Gasteiger partial charge in [-0.15, -0.1) is 0 Å². The number of carbonyl (C=O) groups excluding carboxylic acids is 1. The fourth-order valence-corrected chi connectivity index (χ4v) is 3.55. The van der Waals surface area contributed by atoms with Crippen molar-refractivity contribution >= 4 is 5.91 Å². The average Bonchev–Trinajstić information content (AvgIpc) is 2.73. The Morgan fingerprint density at radius 1 is 1.14 bits per heavy atom. The van der Waals surface area contributed by atoms with Gasteiger partial charge in [0.15, 0.2) is 0 Å². The van der Waals surface area contributed by atoms with Crippen molar-refractivity contribution in [1.82, 2.24) is 15.2 Å². The summed E-state index contributed by atoms with van der Waals surface area (Å²) in [6, 6.07) is 4.83. The molecule has 21 heavy (non-hydrogen) atoms. The molecule has 4 nitrogen and oxygen atoms in total. The van der Waals surface area contributed by atoms with E-state index in [1.807, 2.05) is 24.5 Å². The van der Waals surface area contributed by atoms with Crippen LogP contribution in [0.3, 0.4) is 0 Å². The van der Waals surface area contributed by atoms with Gasteiger partial charge in [0.1, 0.15) is 0 Å². The SMILES string of the molecule is O=C1C[C@H](NCc2ccncc2)CN1C1CCCCCC1. The molecule has 1 saturated heterocycles. The lowest BCUT2D eigenvalue weighted by Crippen LogP contribution is -2.38. The van der Waals surface area contributed by atoms with Gasteiger partial charge in [-0.2, -0.15) is 0 Å². The Morgan fingerprint density at radius 3 is 2.57 bits per heavy atom. The van der Waals surface area contributed by atoms with E-state index in [1.165, 1.54) is 44.1 Å². The van der Waals surface area contributed by atoms with Crippen LogP contribution in [0, 0.1) is 0 Å². The van der Waals surface area contributed by atoms with Crippen LogP contribution < -0.4 is 5.32 Å². The average molecular weight is 287 g/mol. The van der Waals surface area contributed by atoms with Crippen LogP contribution >= 0.6 is 0 Å². The van der Waals surface area contributed by atoms with Crippen molar-refractivity contribution in [1.29, 1.82) is 0 Å². The number of nitrogens with one attached hydrogen (secondary N) is 1. The predicted octanol–water partition coefficient (Wildman–Crippen LogP) is 2.49. The van der Waals surface area contributed by atoms with Gasteiger partial charge in [-0.05, 0) is 30.5 Å². The largest absolute Gasteiger partial charge is 0.338 e. The Hall–Kier alpha value is -1.42. The van der Waals surface area contributed by atoms with Crippen LogP contribution in [0.4, 0.5) is 0 Å². The molecule has 2 aliphatic rings. The molecule has 1 amide bonds. The zero-order valence-electron chi connectivity index (χ0n) is 12.6. The zero-order valence-corrected chi connectivity index (χ0v) is 12.6. The first-order chi connectivity index (χ1) is 10.3. The smallest absolute Gasteiger partial charge is 0.224 e. The van der Waals surface area contributed by atoms with Crippen molar-refractivity contribution in [2.24, 2.45) is 0 Å². The van der Waals surface area contributed by atoms with E-state index in [0.29, 0.717) is 24.4 Å². The molecule has 114 valence electrons. The van der Waals surface area contributed by atoms with Gasteiger partial charge in [0, 0.05) is 44.0 Å². The molecule has 1 atom stereocenters. The van der Waals surface area contributed by atoms with Gasteiger partial charge in [0.05, 0.1) is 0 Å². The quantitative estimate of drug-likeness (QED) is 0.865. The third-order valence-corrected chi connectivity index (χ3v) is 4.77. The van der Waals surface area contributed by atoms with E-state index in [0.717, 1.165) is 13.1 Å².